The lowest BCUT2D eigenvalue weighted by Crippen LogP contribution is -2.01. The molecule has 9 heteroatoms. The van der Waals surface area contributed by atoms with Gasteiger partial charge in [-0.3, -0.25) is 9.78 Å². The minimum atomic E-state index is 0.632. The Morgan fingerprint density at radius 2 is 2.21 bits per heavy atom. The molecule has 5 aromatic rings. The Bertz CT molecular complexity index is 1130. The molecule has 0 fully saturated rings. The van der Waals surface area contributed by atoms with Crippen LogP contribution in [0.3, 0.4) is 0 Å². The first kappa shape index (κ1) is 13.4. The molecule has 0 aliphatic carbocycles. The molecular weight excluding hydrogens is 324 g/mol. The van der Waals surface area contributed by atoms with Crippen molar-refractivity contribution in [3.05, 3.63) is 41.7 Å². The average Bonchev–Trinajstić information content (AvgIpc) is 3.31. The molecule has 0 atom stereocenters. The van der Waals surface area contributed by atoms with Crippen molar-refractivity contribution in [1.82, 2.24) is 40.0 Å². The Hall–Kier alpha value is -3.07. The zero-order chi connectivity index (χ0) is 16.1. The minimum Gasteiger partial charge on any atom is -0.277 e. The first-order valence-corrected chi connectivity index (χ1v) is 8.19. The van der Waals surface area contributed by atoms with E-state index in [1.54, 1.807) is 22.2 Å². The molecule has 5 heterocycles. The van der Waals surface area contributed by atoms with Crippen LogP contribution >= 0.6 is 11.3 Å². The Balaban J connectivity index is 1.56. The highest BCUT2D eigenvalue weighted by Crippen LogP contribution is 2.25. The van der Waals surface area contributed by atoms with Crippen LogP contribution < -0.4 is 0 Å². The highest BCUT2D eigenvalue weighted by Gasteiger charge is 2.11. The zero-order valence-electron chi connectivity index (χ0n) is 12.7. The highest BCUT2D eigenvalue weighted by atomic mass is 32.1. The molecule has 0 saturated carbocycles. The third kappa shape index (κ3) is 2.09. The standard InChI is InChI=1S/C15H12N8S/c1-22-7-9(5-17-22)11-2-3-12-15(18-11)23(21-20-12)8-10-4-13-14(24-10)6-16-19-13/h2-7H,8H2,1H3,(H,16,19). The number of nitrogens with zero attached hydrogens (tertiary/aromatic N) is 7. The molecule has 1 N–H and O–H groups in total. The molecule has 0 aliphatic rings. The summed E-state index contributed by atoms with van der Waals surface area (Å²) in [5, 5.41) is 19.7. The largest absolute Gasteiger partial charge is 0.277 e. The van der Waals surface area contributed by atoms with E-state index >= 15 is 0 Å². The number of aromatic nitrogens is 8. The van der Waals surface area contributed by atoms with Gasteiger partial charge in [0, 0.05) is 23.7 Å². The van der Waals surface area contributed by atoms with E-state index in [1.807, 2.05) is 36.3 Å². The van der Waals surface area contributed by atoms with Gasteiger partial charge >= 0.3 is 0 Å². The van der Waals surface area contributed by atoms with E-state index in [4.69, 9.17) is 4.98 Å². The van der Waals surface area contributed by atoms with Crippen molar-refractivity contribution in [2.45, 2.75) is 6.54 Å². The number of rotatable bonds is 3. The van der Waals surface area contributed by atoms with Crippen molar-refractivity contribution in [1.29, 1.82) is 0 Å². The maximum atomic E-state index is 4.73. The molecule has 0 aromatic carbocycles. The molecule has 0 saturated heterocycles. The van der Waals surface area contributed by atoms with Gasteiger partial charge in [-0.15, -0.1) is 16.4 Å². The van der Waals surface area contributed by atoms with Crippen molar-refractivity contribution in [3.63, 3.8) is 0 Å². The van der Waals surface area contributed by atoms with Gasteiger partial charge in [-0.2, -0.15) is 10.2 Å². The number of thiophene rings is 1. The Morgan fingerprint density at radius 3 is 3.04 bits per heavy atom. The Morgan fingerprint density at radius 1 is 1.25 bits per heavy atom. The van der Waals surface area contributed by atoms with Crippen molar-refractivity contribution >= 4 is 32.7 Å². The summed E-state index contributed by atoms with van der Waals surface area (Å²) >= 11 is 1.69. The summed E-state index contributed by atoms with van der Waals surface area (Å²) in [6.45, 7) is 0.632. The van der Waals surface area contributed by atoms with Gasteiger partial charge in [0.2, 0.25) is 0 Å². The molecule has 0 unspecified atom stereocenters. The molecule has 5 aromatic heterocycles. The van der Waals surface area contributed by atoms with Crippen molar-refractivity contribution < 1.29 is 0 Å². The number of pyridine rings is 1. The first-order valence-electron chi connectivity index (χ1n) is 7.37. The van der Waals surface area contributed by atoms with E-state index in [1.165, 1.54) is 4.88 Å². The fourth-order valence-corrected chi connectivity index (χ4v) is 3.67. The maximum Gasteiger partial charge on any atom is 0.179 e. The second-order valence-electron chi connectivity index (χ2n) is 5.55. The van der Waals surface area contributed by atoms with E-state index < -0.39 is 0 Å². The fraction of sp³-hybridized carbons (Fsp3) is 0.133. The molecule has 24 heavy (non-hydrogen) atoms. The molecular formula is C15H12N8S. The van der Waals surface area contributed by atoms with Gasteiger partial charge in [0.05, 0.1) is 34.8 Å². The SMILES string of the molecule is Cn1cc(-c2ccc3nnn(Cc4cc5[nH]ncc5s4)c3n2)cn1. The lowest BCUT2D eigenvalue weighted by molar-refractivity contribution is 0.671. The Kier molecular flexibility index (Phi) is 2.77. The number of nitrogens with one attached hydrogen (secondary N) is 1. The summed E-state index contributed by atoms with van der Waals surface area (Å²) in [6.07, 6.45) is 5.58. The molecule has 118 valence electrons. The normalized spacial score (nSPS) is 11.7. The molecule has 0 radical (unpaired) electrons. The molecule has 8 nitrogen and oxygen atoms in total. The van der Waals surface area contributed by atoms with Crippen LogP contribution in [0.2, 0.25) is 0 Å². The summed E-state index contributed by atoms with van der Waals surface area (Å²) in [5.41, 5.74) is 4.44. The monoisotopic (exact) mass is 336 g/mol. The summed E-state index contributed by atoms with van der Waals surface area (Å²) in [5.74, 6) is 0. The van der Waals surface area contributed by atoms with Gasteiger partial charge < -0.3 is 0 Å². The van der Waals surface area contributed by atoms with E-state index in [2.05, 4.69) is 31.7 Å². The van der Waals surface area contributed by atoms with Crippen molar-refractivity contribution in [3.8, 4) is 11.3 Å². The summed E-state index contributed by atoms with van der Waals surface area (Å²) in [4.78, 5) is 5.91. The summed E-state index contributed by atoms with van der Waals surface area (Å²) < 4.78 is 4.73. The zero-order valence-corrected chi connectivity index (χ0v) is 13.5. The van der Waals surface area contributed by atoms with E-state index in [0.717, 1.165) is 32.6 Å². The van der Waals surface area contributed by atoms with Gasteiger partial charge in [-0.25, -0.2) is 9.67 Å². The number of hydrogen-bond acceptors (Lipinski definition) is 6. The smallest absolute Gasteiger partial charge is 0.179 e. The van der Waals surface area contributed by atoms with Gasteiger partial charge in [-0.1, -0.05) is 5.21 Å². The van der Waals surface area contributed by atoms with Crippen LogP contribution in [0.1, 0.15) is 4.88 Å². The van der Waals surface area contributed by atoms with Gasteiger partial charge in [0.1, 0.15) is 5.52 Å². The molecule has 0 amide bonds. The topological polar surface area (TPSA) is 90.1 Å². The third-order valence-electron chi connectivity index (χ3n) is 3.84. The van der Waals surface area contributed by atoms with Gasteiger partial charge in [0.15, 0.2) is 5.65 Å². The predicted molar refractivity (Wildman–Crippen MR) is 90.6 cm³/mol. The second-order valence-corrected chi connectivity index (χ2v) is 6.72. The van der Waals surface area contributed by atoms with Crippen molar-refractivity contribution in [2.75, 3.05) is 0 Å². The first-order chi connectivity index (χ1) is 11.8. The van der Waals surface area contributed by atoms with Crippen LogP contribution in [-0.2, 0) is 13.6 Å². The van der Waals surface area contributed by atoms with Gasteiger partial charge in [-0.05, 0) is 18.2 Å². The van der Waals surface area contributed by atoms with Crippen LogP contribution in [0, 0.1) is 0 Å². The van der Waals surface area contributed by atoms with Crippen LogP contribution in [0.4, 0.5) is 0 Å². The average molecular weight is 336 g/mol. The summed E-state index contributed by atoms with van der Waals surface area (Å²) in [6, 6.07) is 5.97. The van der Waals surface area contributed by atoms with Crippen LogP contribution in [0.25, 0.3) is 32.6 Å². The van der Waals surface area contributed by atoms with E-state index in [-0.39, 0.29) is 0 Å². The molecule has 5 rings (SSSR count). The third-order valence-corrected chi connectivity index (χ3v) is 4.90. The predicted octanol–water partition coefficient (Wildman–Crippen LogP) is 2.21. The number of aromatic amines is 1. The van der Waals surface area contributed by atoms with E-state index in [9.17, 15) is 0 Å². The molecule has 0 spiro atoms. The number of aryl methyl sites for hydroxylation is 1. The summed E-state index contributed by atoms with van der Waals surface area (Å²) in [7, 11) is 1.89. The second kappa shape index (κ2) is 4.96. The number of fused-ring (bicyclic) bond motifs is 2. The molecule has 0 aliphatic heterocycles. The van der Waals surface area contributed by atoms with Crippen molar-refractivity contribution in [2.24, 2.45) is 7.05 Å². The highest BCUT2D eigenvalue weighted by molar-refractivity contribution is 7.19. The van der Waals surface area contributed by atoms with Crippen LogP contribution in [0.5, 0.6) is 0 Å². The number of hydrogen-bond donors (Lipinski definition) is 1. The number of H-pyrrole nitrogens is 1. The fourth-order valence-electron chi connectivity index (χ4n) is 2.70. The Labute approximate surface area is 139 Å². The lowest BCUT2D eigenvalue weighted by atomic mass is 10.2. The lowest BCUT2D eigenvalue weighted by Gasteiger charge is -2.01. The molecule has 0 bridgehead atoms. The van der Waals surface area contributed by atoms with Crippen LogP contribution in [0.15, 0.2) is 36.8 Å². The van der Waals surface area contributed by atoms with E-state index in [0.29, 0.717) is 6.54 Å². The quantitative estimate of drug-likeness (QED) is 0.545. The minimum absolute atomic E-state index is 0.632. The van der Waals surface area contributed by atoms with Crippen LogP contribution in [-0.4, -0.2) is 40.0 Å². The van der Waals surface area contributed by atoms with Gasteiger partial charge in [0.25, 0.3) is 0 Å². The maximum absolute atomic E-state index is 4.73.